The summed E-state index contributed by atoms with van der Waals surface area (Å²) < 4.78 is 2.03. The third-order valence-electron chi connectivity index (χ3n) is 8.68. The van der Waals surface area contributed by atoms with Gasteiger partial charge in [0.15, 0.2) is 13.9 Å². The summed E-state index contributed by atoms with van der Waals surface area (Å²) in [6.07, 6.45) is 0. The van der Waals surface area contributed by atoms with Gasteiger partial charge in [0, 0.05) is 16.3 Å². The molecule has 0 saturated heterocycles. The van der Waals surface area contributed by atoms with E-state index >= 15 is 0 Å². The second kappa shape index (κ2) is 11.4. The molecule has 216 valence electrons. The number of para-hydroxylation sites is 2. The van der Waals surface area contributed by atoms with E-state index in [2.05, 4.69) is 149 Å². The molecule has 0 spiro atoms. The van der Waals surface area contributed by atoms with E-state index < -0.39 is 8.07 Å². The fourth-order valence-corrected chi connectivity index (χ4v) is 11.5. The first-order valence-electron chi connectivity index (χ1n) is 15.2. The lowest BCUT2D eigenvalue weighted by atomic mass is 10.2. The molecule has 0 aliphatic heterocycles. The third-order valence-corrected chi connectivity index (χ3v) is 13.5. The van der Waals surface area contributed by atoms with Gasteiger partial charge < -0.3 is 0 Å². The molecule has 0 amide bonds. The molecular weight excluding hydrogens is 579 g/mol. The minimum Gasteiger partial charge on any atom is -0.278 e. The zero-order chi connectivity index (χ0) is 30.9. The van der Waals surface area contributed by atoms with Gasteiger partial charge in [-0.3, -0.25) is 4.57 Å². The number of rotatable bonds is 6. The van der Waals surface area contributed by atoms with E-state index in [1.54, 1.807) is 0 Å². The van der Waals surface area contributed by atoms with Crippen LogP contribution in [0, 0.1) is 11.3 Å². The Balaban J connectivity index is 1.38. The Morgan fingerprint density at radius 1 is 0.478 bits per heavy atom. The fraction of sp³-hybridized carbons (Fsp3) is 0. The van der Waals surface area contributed by atoms with E-state index in [4.69, 9.17) is 4.98 Å². The number of aromatic nitrogens is 4. The first-order valence-corrected chi connectivity index (χ1v) is 17.2. The van der Waals surface area contributed by atoms with Gasteiger partial charge in [-0.05, 0) is 32.9 Å². The van der Waals surface area contributed by atoms with Crippen LogP contribution < -0.4 is 20.7 Å². The summed E-state index contributed by atoms with van der Waals surface area (Å²) in [5.41, 5.74) is 2.78. The lowest BCUT2D eigenvalue weighted by Crippen LogP contribution is -2.74. The Morgan fingerprint density at radius 3 is 1.48 bits per heavy atom. The Labute approximate surface area is 267 Å². The first kappa shape index (κ1) is 27.4. The molecular formula is C40H27N5Si. The van der Waals surface area contributed by atoms with Gasteiger partial charge in [-0.15, -0.1) is 0 Å². The zero-order valence-electron chi connectivity index (χ0n) is 24.8. The van der Waals surface area contributed by atoms with Crippen molar-refractivity contribution in [1.82, 2.24) is 19.5 Å². The van der Waals surface area contributed by atoms with Crippen LogP contribution in [0.25, 0.3) is 39.1 Å². The molecule has 0 radical (unpaired) electrons. The second-order valence-corrected chi connectivity index (χ2v) is 15.0. The van der Waals surface area contributed by atoms with Crippen LogP contribution in [0.3, 0.4) is 0 Å². The van der Waals surface area contributed by atoms with Crippen molar-refractivity contribution < 1.29 is 0 Å². The van der Waals surface area contributed by atoms with Crippen molar-refractivity contribution in [3.05, 3.63) is 170 Å². The molecule has 6 aromatic carbocycles. The standard InChI is InChI=1S/C40H27N5Si/c41-28-38-42-39(44-40(43-38)45-36-25-12-10-23-34(36)35-24-11-13-26-37(35)45)29-15-14-22-33(27-29)46(30-16-4-1-5-17-30,31-18-6-2-7-19-31)32-20-8-3-9-21-32/h1-27H. The zero-order valence-corrected chi connectivity index (χ0v) is 25.8. The van der Waals surface area contributed by atoms with Crippen molar-refractivity contribution >= 4 is 50.6 Å². The Kier molecular flexibility index (Phi) is 6.79. The Morgan fingerprint density at radius 2 is 0.957 bits per heavy atom. The Hall–Kier alpha value is -6.16. The van der Waals surface area contributed by atoms with Crippen LogP contribution in [-0.2, 0) is 0 Å². The van der Waals surface area contributed by atoms with Crippen LogP contribution in [0.5, 0.6) is 0 Å². The molecule has 2 heterocycles. The molecule has 0 aliphatic rings. The van der Waals surface area contributed by atoms with Gasteiger partial charge >= 0.3 is 0 Å². The van der Waals surface area contributed by atoms with E-state index in [0.717, 1.165) is 27.4 Å². The molecule has 0 fully saturated rings. The van der Waals surface area contributed by atoms with Crippen LogP contribution in [-0.4, -0.2) is 27.6 Å². The highest BCUT2D eigenvalue weighted by Crippen LogP contribution is 2.31. The van der Waals surface area contributed by atoms with Crippen molar-refractivity contribution in [3.63, 3.8) is 0 Å². The quantitative estimate of drug-likeness (QED) is 0.175. The molecule has 0 bridgehead atoms. The molecule has 46 heavy (non-hydrogen) atoms. The average Bonchev–Trinajstić information content (AvgIpc) is 3.48. The summed E-state index contributed by atoms with van der Waals surface area (Å²) in [7, 11) is -2.77. The molecule has 0 atom stereocenters. The molecule has 0 aliphatic carbocycles. The maximum atomic E-state index is 10.1. The smallest absolute Gasteiger partial charge is 0.239 e. The predicted molar refractivity (Wildman–Crippen MR) is 188 cm³/mol. The van der Waals surface area contributed by atoms with Gasteiger partial charge in [-0.2, -0.15) is 20.2 Å². The average molecular weight is 606 g/mol. The lowest BCUT2D eigenvalue weighted by molar-refractivity contribution is 0.930. The molecule has 0 saturated carbocycles. The molecule has 8 aromatic rings. The summed E-state index contributed by atoms with van der Waals surface area (Å²) in [5, 5.41) is 17.3. The van der Waals surface area contributed by atoms with Crippen LogP contribution >= 0.6 is 0 Å². The lowest BCUT2D eigenvalue weighted by Gasteiger charge is -2.34. The molecule has 6 heteroatoms. The SMILES string of the molecule is N#Cc1nc(-c2cccc([Si](c3ccccc3)(c3ccccc3)c3ccccc3)c2)nc(-n2c3ccccc3c3ccccc32)n1. The van der Waals surface area contributed by atoms with Gasteiger partial charge in [0.2, 0.25) is 11.8 Å². The van der Waals surface area contributed by atoms with Crippen LogP contribution in [0.2, 0.25) is 0 Å². The van der Waals surface area contributed by atoms with E-state index in [9.17, 15) is 5.26 Å². The van der Waals surface area contributed by atoms with E-state index in [1.165, 1.54) is 20.7 Å². The maximum Gasteiger partial charge on any atom is 0.239 e. The number of nitrogens with zero attached hydrogens (tertiary/aromatic N) is 5. The third kappa shape index (κ3) is 4.42. The van der Waals surface area contributed by atoms with Crippen molar-refractivity contribution in [1.29, 1.82) is 5.26 Å². The molecule has 0 N–H and O–H groups in total. The number of nitriles is 1. The summed E-state index contributed by atoms with van der Waals surface area (Å²) in [6.45, 7) is 0. The number of fused-ring (bicyclic) bond motifs is 3. The highest BCUT2D eigenvalue weighted by atomic mass is 28.3. The van der Waals surface area contributed by atoms with Crippen molar-refractivity contribution in [2.45, 2.75) is 0 Å². The summed E-state index contributed by atoms with van der Waals surface area (Å²) in [6, 6.07) is 59.6. The van der Waals surface area contributed by atoms with E-state index in [-0.39, 0.29) is 5.82 Å². The monoisotopic (exact) mass is 605 g/mol. The molecule has 2 aromatic heterocycles. The summed E-state index contributed by atoms with van der Waals surface area (Å²) in [5.74, 6) is 0.953. The fourth-order valence-electron chi connectivity index (χ4n) is 6.74. The number of hydrogen-bond acceptors (Lipinski definition) is 4. The van der Waals surface area contributed by atoms with Crippen LogP contribution in [0.4, 0.5) is 0 Å². The minimum atomic E-state index is -2.77. The van der Waals surface area contributed by atoms with Gasteiger partial charge in [-0.25, -0.2) is 0 Å². The van der Waals surface area contributed by atoms with E-state index in [1.807, 2.05) is 34.9 Å². The minimum absolute atomic E-state index is 0.0740. The van der Waals surface area contributed by atoms with Crippen LogP contribution in [0.15, 0.2) is 164 Å². The van der Waals surface area contributed by atoms with Crippen LogP contribution in [0.1, 0.15) is 5.82 Å². The Bertz CT molecular complexity index is 2230. The largest absolute Gasteiger partial charge is 0.278 e. The number of hydrogen-bond donors (Lipinski definition) is 0. The van der Waals surface area contributed by atoms with Gasteiger partial charge in [-0.1, -0.05) is 152 Å². The molecule has 0 unspecified atom stereocenters. The summed E-state index contributed by atoms with van der Waals surface area (Å²) in [4.78, 5) is 14.3. The van der Waals surface area contributed by atoms with E-state index in [0.29, 0.717) is 11.8 Å². The molecule has 8 rings (SSSR count). The van der Waals surface area contributed by atoms with Crippen molar-refractivity contribution in [2.24, 2.45) is 0 Å². The second-order valence-electron chi connectivity index (χ2n) is 11.2. The van der Waals surface area contributed by atoms with Gasteiger partial charge in [0.05, 0.1) is 11.0 Å². The summed E-state index contributed by atoms with van der Waals surface area (Å²) >= 11 is 0. The highest BCUT2D eigenvalue weighted by molar-refractivity contribution is 7.19. The normalized spacial score (nSPS) is 11.5. The van der Waals surface area contributed by atoms with Crippen molar-refractivity contribution in [3.8, 4) is 23.4 Å². The maximum absolute atomic E-state index is 10.1. The van der Waals surface area contributed by atoms with Crippen molar-refractivity contribution in [2.75, 3.05) is 0 Å². The van der Waals surface area contributed by atoms with Gasteiger partial charge in [0.25, 0.3) is 0 Å². The topological polar surface area (TPSA) is 67.4 Å². The highest BCUT2D eigenvalue weighted by Gasteiger charge is 2.41. The first-order chi connectivity index (χ1) is 22.8. The molecule has 5 nitrogen and oxygen atoms in total. The van der Waals surface area contributed by atoms with Gasteiger partial charge in [0.1, 0.15) is 6.07 Å². The predicted octanol–water partition coefficient (Wildman–Crippen LogP) is 5.88. The number of benzene rings is 6.